The highest BCUT2D eigenvalue weighted by Crippen LogP contribution is 2.40. The zero-order valence-corrected chi connectivity index (χ0v) is 20.1. The van der Waals surface area contributed by atoms with Crippen molar-refractivity contribution >= 4 is 52.3 Å². The molecule has 7 nitrogen and oxygen atoms in total. The molecule has 34 heavy (non-hydrogen) atoms. The van der Waals surface area contributed by atoms with E-state index in [4.69, 9.17) is 45.4 Å². The second-order valence-corrected chi connectivity index (χ2v) is 9.53. The highest BCUT2D eigenvalue weighted by molar-refractivity contribution is 8.00. The first kappa shape index (κ1) is 27.2. The summed E-state index contributed by atoms with van der Waals surface area (Å²) in [7, 11) is 0. The quantitative estimate of drug-likeness (QED) is 0.132. The van der Waals surface area contributed by atoms with E-state index in [9.17, 15) is 28.5 Å². The Bertz CT molecular complexity index is 1060. The molecule has 1 fully saturated rings. The largest absolute Gasteiger partial charge is 0.394 e. The van der Waals surface area contributed by atoms with Gasteiger partial charge in [-0.05, 0) is 24.3 Å². The van der Waals surface area contributed by atoms with Crippen molar-refractivity contribution in [3.63, 3.8) is 0 Å². The van der Waals surface area contributed by atoms with Gasteiger partial charge in [0.15, 0.2) is 17.5 Å². The normalized spacial score (nSPS) is 25.4. The molecule has 0 aromatic heterocycles. The van der Waals surface area contributed by atoms with Crippen LogP contribution in [-0.4, -0.2) is 51.7 Å². The van der Waals surface area contributed by atoms with E-state index in [2.05, 4.69) is 10.7 Å². The third-order valence-electron chi connectivity index (χ3n) is 4.97. The van der Waals surface area contributed by atoms with Gasteiger partial charge in [0.2, 0.25) is 0 Å². The number of ether oxygens (including phenoxy) is 1. The average molecular weight is 561 g/mol. The van der Waals surface area contributed by atoms with E-state index in [1.807, 2.05) is 0 Å². The predicted octanol–water partition coefficient (Wildman–Crippen LogP) is 3.02. The molecule has 0 saturated carbocycles. The Hall–Kier alpha value is -1.41. The Morgan fingerprint density at radius 3 is 2.24 bits per heavy atom. The average Bonchev–Trinajstić information content (AvgIpc) is 2.79. The molecule has 14 heteroatoms. The van der Waals surface area contributed by atoms with Gasteiger partial charge in [-0.25, -0.2) is 13.2 Å². The van der Waals surface area contributed by atoms with Crippen LogP contribution in [0.15, 0.2) is 35.4 Å². The number of hydrazine groups is 1. The van der Waals surface area contributed by atoms with Gasteiger partial charge in [-0.3, -0.25) is 5.84 Å². The number of aliphatic hydroxyl groups excluding tert-OH is 3. The molecule has 1 saturated heterocycles. The first-order chi connectivity index (χ1) is 16.1. The zero-order chi connectivity index (χ0) is 25.2. The Morgan fingerprint density at radius 2 is 1.65 bits per heavy atom. The number of halogens is 6. The summed E-state index contributed by atoms with van der Waals surface area (Å²) in [4.78, 5) is 0.420. The number of thioether (sulfide) groups is 1. The van der Waals surface area contributed by atoms with Crippen LogP contribution in [0.4, 0.5) is 13.2 Å². The number of nitrogens with two attached hydrogens (primary N) is 1. The number of aliphatic hydroxyl groups is 3. The summed E-state index contributed by atoms with van der Waals surface area (Å²) < 4.78 is 46.1. The maximum absolute atomic E-state index is 13.6. The summed E-state index contributed by atoms with van der Waals surface area (Å²) in [6, 6.07) is 3.18. The Balaban J connectivity index is 1.86. The number of nitrogens with one attached hydrogen (secondary N) is 2. The van der Waals surface area contributed by atoms with Gasteiger partial charge < -0.3 is 30.8 Å². The van der Waals surface area contributed by atoms with Gasteiger partial charge in [-0.15, -0.1) is 0 Å². The van der Waals surface area contributed by atoms with Crippen molar-refractivity contribution in [3.05, 3.63) is 68.5 Å². The molecule has 0 aliphatic carbocycles. The van der Waals surface area contributed by atoms with Crippen molar-refractivity contribution in [3.8, 4) is 0 Å². The van der Waals surface area contributed by atoms with Gasteiger partial charge in [0.25, 0.3) is 0 Å². The molecule has 2 aromatic rings. The lowest BCUT2D eigenvalue weighted by Crippen LogP contribution is -2.62. The molecular weight excluding hydrogens is 542 g/mol. The van der Waals surface area contributed by atoms with E-state index in [1.165, 1.54) is 12.1 Å². The lowest BCUT2D eigenvalue weighted by atomic mass is 9.97. The molecule has 5 atom stereocenters. The van der Waals surface area contributed by atoms with Crippen molar-refractivity contribution in [1.82, 2.24) is 10.7 Å². The van der Waals surface area contributed by atoms with E-state index in [1.54, 1.807) is 0 Å². The van der Waals surface area contributed by atoms with Crippen molar-refractivity contribution in [2.45, 2.75) is 34.7 Å². The third-order valence-corrected chi connectivity index (χ3v) is 7.33. The molecule has 3 unspecified atom stereocenters. The summed E-state index contributed by atoms with van der Waals surface area (Å²) >= 11 is 19.1. The van der Waals surface area contributed by atoms with Crippen LogP contribution in [0.3, 0.4) is 0 Å². The zero-order valence-electron chi connectivity index (χ0n) is 17.0. The maximum Gasteiger partial charge on any atom is 0.194 e. The summed E-state index contributed by atoms with van der Waals surface area (Å²) in [6.07, 6.45) is -2.76. The van der Waals surface area contributed by atoms with Crippen molar-refractivity contribution < 1.29 is 33.2 Å². The van der Waals surface area contributed by atoms with E-state index >= 15 is 0 Å². The van der Waals surface area contributed by atoms with E-state index in [0.717, 1.165) is 18.0 Å². The van der Waals surface area contributed by atoms with Crippen LogP contribution in [0.5, 0.6) is 0 Å². The Morgan fingerprint density at radius 1 is 1.03 bits per heavy atom. The van der Waals surface area contributed by atoms with Gasteiger partial charge in [0.1, 0.15) is 23.7 Å². The lowest BCUT2D eigenvalue weighted by molar-refractivity contribution is -0.164. The molecule has 2 aromatic carbocycles. The first-order valence-corrected chi connectivity index (χ1v) is 11.6. The lowest BCUT2D eigenvalue weighted by Gasteiger charge is -2.42. The SMILES string of the molecule is NN/C(=C\NC1C(O)[C@@H](Sc2cc(Cl)c(Cl)cc2Cl)OC(CO)[C@@H]1O)c1cc(F)c(F)c(F)c1. The minimum atomic E-state index is -1.64. The molecule has 1 aliphatic rings. The standard InChI is InChI=1S/C20H19Cl3F3N3O4S/c21-8-3-10(23)15(4-9(8)22)34-20-19(32)17(18(31)14(6-30)33-20)28-5-13(29-27)7-1-11(24)16(26)12(25)2-7/h1-5,14,17-20,28-32H,6,27H2/b13-5-/t14?,17?,18-,19?,20+/m0/s1. The second kappa shape index (κ2) is 11.5. The van der Waals surface area contributed by atoms with Crippen LogP contribution in [0.1, 0.15) is 5.56 Å². The molecule has 0 spiro atoms. The molecule has 0 radical (unpaired) electrons. The summed E-state index contributed by atoms with van der Waals surface area (Å²) in [6.45, 7) is -0.585. The number of benzene rings is 2. The van der Waals surface area contributed by atoms with E-state index < -0.39 is 53.8 Å². The van der Waals surface area contributed by atoms with Gasteiger partial charge >= 0.3 is 0 Å². The van der Waals surface area contributed by atoms with Crippen LogP contribution >= 0.6 is 46.6 Å². The minimum absolute atomic E-state index is 0.0824. The predicted molar refractivity (Wildman–Crippen MR) is 124 cm³/mol. The fraction of sp³-hybridized carbons (Fsp3) is 0.300. The minimum Gasteiger partial charge on any atom is -0.394 e. The molecule has 1 heterocycles. The number of hydrogen-bond donors (Lipinski definition) is 6. The van der Waals surface area contributed by atoms with Gasteiger partial charge in [-0.2, -0.15) is 0 Å². The van der Waals surface area contributed by atoms with Gasteiger partial charge in [-0.1, -0.05) is 46.6 Å². The molecule has 1 aliphatic heterocycles. The smallest absolute Gasteiger partial charge is 0.194 e. The van der Waals surface area contributed by atoms with Gasteiger partial charge in [0.05, 0.1) is 33.4 Å². The topological polar surface area (TPSA) is 120 Å². The molecule has 7 N–H and O–H groups in total. The Kier molecular flexibility index (Phi) is 9.23. The molecular formula is C20H19Cl3F3N3O4S. The highest BCUT2D eigenvalue weighted by atomic mass is 35.5. The summed E-state index contributed by atoms with van der Waals surface area (Å²) in [5.41, 5.74) is 0.948. The Labute approximate surface area is 211 Å². The van der Waals surface area contributed by atoms with E-state index in [-0.39, 0.29) is 26.3 Å². The third kappa shape index (κ3) is 5.86. The van der Waals surface area contributed by atoms with E-state index in [0.29, 0.717) is 17.0 Å². The summed E-state index contributed by atoms with van der Waals surface area (Å²) in [5, 5.41) is 34.5. The fourth-order valence-corrected chi connectivity index (χ4v) is 5.06. The summed E-state index contributed by atoms with van der Waals surface area (Å²) in [5.74, 6) is 0.916. The highest BCUT2D eigenvalue weighted by Gasteiger charge is 2.44. The first-order valence-electron chi connectivity index (χ1n) is 9.58. The fourth-order valence-electron chi connectivity index (χ4n) is 3.20. The van der Waals surface area contributed by atoms with Crippen LogP contribution < -0.4 is 16.6 Å². The molecule has 186 valence electrons. The monoisotopic (exact) mass is 559 g/mol. The van der Waals surface area contributed by atoms with Crippen molar-refractivity contribution in [1.29, 1.82) is 0 Å². The molecule has 3 rings (SSSR count). The molecule has 0 bridgehead atoms. The van der Waals surface area contributed by atoms with Crippen molar-refractivity contribution in [2.75, 3.05) is 6.61 Å². The molecule has 0 amide bonds. The van der Waals surface area contributed by atoms with Crippen molar-refractivity contribution in [2.24, 2.45) is 5.84 Å². The number of rotatable bonds is 7. The van der Waals surface area contributed by atoms with Crippen LogP contribution in [0.2, 0.25) is 15.1 Å². The van der Waals surface area contributed by atoms with Crippen LogP contribution in [0, 0.1) is 17.5 Å². The second-order valence-electron chi connectivity index (χ2n) is 7.17. The van der Waals surface area contributed by atoms with Gasteiger partial charge in [0, 0.05) is 16.7 Å². The van der Waals surface area contributed by atoms with Crippen LogP contribution in [-0.2, 0) is 4.74 Å². The number of hydrogen-bond acceptors (Lipinski definition) is 8. The van der Waals surface area contributed by atoms with Crippen LogP contribution in [0.25, 0.3) is 5.70 Å². The maximum atomic E-state index is 13.6.